The first-order valence-electron chi connectivity index (χ1n) is 7.55. The van der Waals surface area contributed by atoms with E-state index in [1.807, 2.05) is 31.2 Å². The Bertz CT molecular complexity index is 491. The van der Waals surface area contributed by atoms with Gasteiger partial charge in [-0.25, -0.2) is 0 Å². The molecule has 2 N–H and O–H groups in total. The van der Waals surface area contributed by atoms with E-state index in [2.05, 4.69) is 10.6 Å². The molecule has 2 bridgehead atoms. The lowest BCUT2D eigenvalue weighted by Crippen LogP contribution is -2.40. The number of anilines is 1. The zero-order valence-electron chi connectivity index (χ0n) is 11.9. The van der Waals surface area contributed by atoms with Crippen molar-refractivity contribution in [1.82, 2.24) is 5.32 Å². The van der Waals surface area contributed by atoms with Gasteiger partial charge in [-0.2, -0.15) is 0 Å². The summed E-state index contributed by atoms with van der Waals surface area (Å²) in [6.07, 6.45) is 5.44. The van der Waals surface area contributed by atoms with Crippen molar-refractivity contribution in [3.63, 3.8) is 0 Å². The summed E-state index contributed by atoms with van der Waals surface area (Å²) < 4.78 is 5.61. The van der Waals surface area contributed by atoms with Crippen molar-refractivity contribution in [2.75, 3.05) is 11.9 Å². The minimum Gasteiger partial charge on any atom is -0.492 e. The number of benzene rings is 1. The number of thiocarbonyl (C=S) groups is 1. The van der Waals surface area contributed by atoms with Crippen molar-refractivity contribution in [2.45, 2.75) is 38.6 Å². The third-order valence-corrected chi connectivity index (χ3v) is 4.71. The minimum absolute atomic E-state index is 0.563. The van der Waals surface area contributed by atoms with E-state index in [-0.39, 0.29) is 0 Å². The molecular weight excluding hydrogens is 268 g/mol. The molecule has 4 heteroatoms. The van der Waals surface area contributed by atoms with Gasteiger partial charge in [0.05, 0.1) is 12.3 Å². The van der Waals surface area contributed by atoms with E-state index in [0.717, 1.165) is 28.4 Å². The lowest BCUT2D eigenvalue weighted by atomic mass is 9.96. The monoisotopic (exact) mass is 290 g/mol. The summed E-state index contributed by atoms with van der Waals surface area (Å²) in [6, 6.07) is 8.49. The van der Waals surface area contributed by atoms with Crippen LogP contribution < -0.4 is 15.4 Å². The van der Waals surface area contributed by atoms with Crippen LogP contribution in [0.15, 0.2) is 24.3 Å². The van der Waals surface area contributed by atoms with E-state index < -0.39 is 0 Å². The molecule has 3 atom stereocenters. The summed E-state index contributed by atoms with van der Waals surface area (Å²) in [5.41, 5.74) is 0.940. The SMILES string of the molecule is CCOc1ccccc1NC(=S)N[C@@H]1C[C@@H]2CC[C@@H]1C2. The average molecular weight is 290 g/mol. The Morgan fingerprint density at radius 1 is 1.30 bits per heavy atom. The summed E-state index contributed by atoms with van der Waals surface area (Å²) >= 11 is 5.45. The smallest absolute Gasteiger partial charge is 0.171 e. The summed E-state index contributed by atoms with van der Waals surface area (Å²) in [5, 5.41) is 7.49. The molecule has 0 radical (unpaired) electrons. The van der Waals surface area contributed by atoms with Gasteiger partial charge in [-0.05, 0) is 62.4 Å². The molecule has 0 heterocycles. The van der Waals surface area contributed by atoms with Gasteiger partial charge >= 0.3 is 0 Å². The van der Waals surface area contributed by atoms with E-state index in [9.17, 15) is 0 Å². The van der Waals surface area contributed by atoms with Gasteiger partial charge in [0, 0.05) is 6.04 Å². The zero-order valence-corrected chi connectivity index (χ0v) is 12.7. The molecular formula is C16H22N2OS. The average Bonchev–Trinajstić information content (AvgIpc) is 3.03. The molecule has 0 unspecified atom stereocenters. The van der Waals surface area contributed by atoms with Gasteiger partial charge in [0.1, 0.15) is 5.75 Å². The number of hydrogen-bond donors (Lipinski definition) is 2. The van der Waals surface area contributed by atoms with Gasteiger partial charge in [0.25, 0.3) is 0 Å². The van der Waals surface area contributed by atoms with Crippen LogP contribution in [0.25, 0.3) is 0 Å². The second-order valence-electron chi connectivity index (χ2n) is 5.81. The number of para-hydroxylation sites is 2. The first kappa shape index (κ1) is 13.7. The molecule has 2 aliphatic carbocycles. The highest BCUT2D eigenvalue weighted by molar-refractivity contribution is 7.80. The molecule has 1 aromatic rings. The molecule has 0 spiro atoms. The fraction of sp³-hybridized carbons (Fsp3) is 0.562. The van der Waals surface area contributed by atoms with Crippen LogP contribution >= 0.6 is 12.2 Å². The van der Waals surface area contributed by atoms with E-state index in [4.69, 9.17) is 17.0 Å². The molecule has 2 saturated carbocycles. The molecule has 2 fully saturated rings. The van der Waals surface area contributed by atoms with Crippen molar-refractivity contribution in [1.29, 1.82) is 0 Å². The molecule has 0 amide bonds. The molecule has 0 aromatic heterocycles. The Morgan fingerprint density at radius 3 is 2.85 bits per heavy atom. The standard InChI is InChI=1S/C16H22N2OS/c1-2-19-15-6-4-3-5-13(15)17-16(20)18-14-10-11-7-8-12(14)9-11/h3-6,11-12,14H,2,7-10H2,1H3,(H2,17,18,20)/t11-,12-,14-/m1/s1. The fourth-order valence-corrected chi connectivity index (χ4v) is 3.86. The van der Waals surface area contributed by atoms with Crippen LogP contribution in [0.5, 0.6) is 5.75 Å². The van der Waals surface area contributed by atoms with Gasteiger partial charge < -0.3 is 15.4 Å². The van der Waals surface area contributed by atoms with Crippen LogP contribution in [0.2, 0.25) is 0 Å². The quantitative estimate of drug-likeness (QED) is 0.831. The first-order valence-corrected chi connectivity index (χ1v) is 7.96. The molecule has 2 aliphatic rings. The summed E-state index contributed by atoms with van der Waals surface area (Å²) in [6.45, 7) is 2.65. The molecule has 0 aliphatic heterocycles. The minimum atomic E-state index is 0.563. The van der Waals surface area contributed by atoms with E-state index >= 15 is 0 Å². The Kier molecular flexibility index (Phi) is 4.10. The largest absolute Gasteiger partial charge is 0.492 e. The summed E-state index contributed by atoms with van der Waals surface area (Å²) in [5.74, 6) is 2.60. The summed E-state index contributed by atoms with van der Waals surface area (Å²) in [7, 11) is 0. The van der Waals surface area contributed by atoms with Crippen LogP contribution in [0.1, 0.15) is 32.6 Å². The predicted octanol–water partition coefficient (Wildman–Crippen LogP) is 3.56. The predicted molar refractivity (Wildman–Crippen MR) is 86.2 cm³/mol. The first-order chi connectivity index (χ1) is 9.76. The normalized spacial score (nSPS) is 27.4. The second kappa shape index (κ2) is 6.00. The Morgan fingerprint density at radius 2 is 2.15 bits per heavy atom. The Balaban J connectivity index is 1.59. The van der Waals surface area contributed by atoms with Gasteiger partial charge in [-0.3, -0.25) is 0 Å². The van der Waals surface area contributed by atoms with Crippen molar-refractivity contribution in [2.24, 2.45) is 11.8 Å². The van der Waals surface area contributed by atoms with Gasteiger partial charge in [0.15, 0.2) is 5.11 Å². The Labute approximate surface area is 126 Å². The van der Waals surface area contributed by atoms with Crippen molar-refractivity contribution >= 4 is 23.0 Å². The van der Waals surface area contributed by atoms with Gasteiger partial charge in [-0.15, -0.1) is 0 Å². The van der Waals surface area contributed by atoms with E-state index in [1.54, 1.807) is 0 Å². The fourth-order valence-electron chi connectivity index (χ4n) is 3.60. The third kappa shape index (κ3) is 2.90. The Hall–Kier alpha value is -1.29. The van der Waals surface area contributed by atoms with Crippen LogP contribution in [-0.2, 0) is 0 Å². The van der Waals surface area contributed by atoms with Gasteiger partial charge in [0.2, 0.25) is 0 Å². The summed E-state index contributed by atoms with van der Waals surface area (Å²) in [4.78, 5) is 0. The third-order valence-electron chi connectivity index (χ3n) is 4.49. The lowest BCUT2D eigenvalue weighted by Gasteiger charge is -2.25. The van der Waals surface area contributed by atoms with Crippen LogP contribution in [0, 0.1) is 11.8 Å². The van der Waals surface area contributed by atoms with Crippen LogP contribution in [0.3, 0.4) is 0 Å². The zero-order chi connectivity index (χ0) is 13.9. The van der Waals surface area contributed by atoms with Crippen molar-refractivity contribution in [3.8, 4) is 5.75 Å². The molecule has 3 rings (SSSR count). The highest BCUT2D eigenvalue weighted by Crippen LogP contribution is 2.44. The topological polar surface area (TPSA) is 33.3 Å². The highest BCUT2D eigenvalue weighted by Gasteiger charge is 2.39. The van der Waals surface area contributed by atoms with Crippen molar-refractivity contribution < 1.29 is 4.74 Å². The molecule has 3 nitrogen and oxygen atoms in total. The molecule has 0 saturated heterocycles. The number of ether oxygens (including phenoxy) is 1. The number of fused-ring (bicyclic) bond motifs is 2. The maximum atomic E-state index is 5.61. The number of rotatable bonds is 4. The maximum absolute atomic E-state index is 5.61. The van der Waals surface area contributed by atoms with Crippen LogP contribution in [-0.4, -0.2) is 17.8 Å². The van der Waals surface area contributed by atoms with Crippen LogP contribution in [0.4, 0.5) is 5.69 Å². The van der Waals surface area contributed by atoms with E-state index in [0.29, 0.717) is 12.6 Å². The number of hydrogen-bond acceptors (Lipinski definition) is 2. The maximum Gasteiger partial charge on any atom is 0.171 e. The van der Waals surface area contributed by atoms with Crippen molar-refractivity contribution in [3.05, 3.63) is 24.3 Å². The van der Waals surface area contributed by atoms with Gasteiger partial charge in [-0.1, -0.05) is 18.6 Å². The molecule has 1 aromatic carbocycles. The second-order valence-corrected chi connectivity index (χ2v) is 6.22. The molecule has 108 valence electrons. The number of nitrogens with one attached hydrogen (secondary N) is 2. The highest BCUT2D eigenvalue weighted by atomic mass is 32.1. The lowest BCUT2D eigenvalue weighted by molar-refractivity contribution is 0.342. The molecule has 20 heavy (non-hydrogen) atoms. The van der Waals surface area contributed by atoms with E-state index in [1.165, 1.54) is 25.7 Å².